The highest BCUT2D eigenvalue weighted by atomic mass is 28.4. The molecular weight excluding hydrogens is 240 g/mol. The van der Waals surface area contributed by atoms with E-state index in [0.29, 0.717) is 0 Å². The van der Waals surface area contributed by atoms with Crippen molar-refractivity contribution in [1.82, 2.24) is 9.13 Å². The molecule has 1 fully saturated rings. The lowest BCUT2D eigenvalue weighted by atomic mass is 10.1. The van der Waals surface area contributed by atoms with Gasteiger partial charge in [0, 0.05) is 36.1 Å². The topological polar surface area (TPSA) is 15.7 Å². The molecule has 18 heavy (non-hydrogen) atoms. The summed E-state index contributed by atoms with van der Waals surface area (Å²) in [6, 6.07) is 1.22. The molecule has 0 aromatic rings. The van der Waals surface area contributed by atoms with Gasteiger partial charge >= 0.3 is 8.64 Å². The van der Waals surface area contributed by atoms with Crippen molar-refractivity contribution in [3.8, 4) is 0 Å². The molecule has 0 radical (unpaired) electrons. The molecular formula is C14H28N2OSi. The van der Waals surface area contributed by atoms with Crippen molar-refractivity contribution in [1.29, 1.82) is 0 Å². The molecule has 4 heteroatoms. The Morgan fingerprint density at radius 1 is 0.889 bits per heavy atom. The van der Waals surface area contributed by atoms with Crippen molar-refractivity contribution in [2.75, 3.05) is 6.61 Å². The smallest absolute Gasteiger partial charge is 0.383 e. The summed E-state index contributed by atoms with van der Waals surface area (Å²) in [6.45, 7) is 14.7. The second-order valence-electron chi connectivity index (χ2n) is 7.43. The summed E-state index contributed by atoms with van der Waals surface area (Å²) in [5, 5.41) is 0. The normalized spacial score (nSPS) is 24.1. The lowest BCUT2D eigenvalue weighted by Gasteiger charge is -2.52. The predicted molar refractivity (Wildman–Crippen MR) is 78.1 cm³/mol. The number of rotatable bonds is 0. The van der Waals surface area contributed by atoms with Gasteiger partial charge in [0.15, 0.2) is 0 Å². The second-order valence-corrected chi connectivity index (χ2v) is 10.7. The number of hydrogen-bond donors (Lipinski definition) is 0. The van der Waals surface area contributed by atoms with Crippen LogP contribution < -0.4 is 0 Å². The number of nitrogens with zero attached hydrogens (tertiary/aromatic N) is 2. The van der Waals surface area contributed by atoms with E-state index in [-0.39, 0.29) is 11.1 Å². The van der Waals surface area contributed by atoms with Crippen LogP contribution in [0, 0.1) is 0 Å². The Kier molecular flexibility index (Phi) is 3.31. The fraction of sp³-hybridized carbons (Fsp3) is 0.857. The van der Waals surface area contributed by atoms with Gasteiger partial charge in [0.2, 0.25) is 0 Å². The monoisotopic (exact) mass is 268 g/mol. The minimum atomic E-state index is -1.99. The van der Waals surface area contributed by atoms with Gasteiger partial charge < -0.3 is 13.6 Å². The Bertz CT molecular complexity index is 309. The summed E-state index contributed by atoms with van der Waals surface area (Å²) in [6.07, 6.45) is 7.05. The van der Waals surface area contributed by atoms with Gasteiger partial charge in [-0.15, -0.1) is 0 Å². The summed E-state index contributed by atoms with van der Waals surface area (Å²) in [5.74, 6) is 0. The molecule has 104 valence electrons. The molecule has 2 aliphatic heterocycles. The van der Waals surface area contributed by atoms with E-state index in [1.165, 1.54) is 18.9 Å². The van der Waals surface area contributed by atoms with Gasteiger partial charge in [-0.3, -0.25) is 0 Å². The van der Waals surface area contributed by atoms with Crippen LogP contribution in [0.1, 0.15) is 54.4 Å². The summed E-state index contributed by atoms with van der Waals surface area (Å²) in [7, 11) is -1.99. The quantitative estimate of drug-likeness (QED) is 0.626. The van der Waals surface area contributed by atoms with Gasteiger partial charge in [-0.2, -0.15) is 0 Å². The Morgan fingerprint density at radius 3 is 1.72 bits per heavy atom. The fourth-order valence-corrected chi connectivity index (χ4v) is 8.14. The van der Waals surface area contributed by atoms with Crippen LogP contribution in [-0.2, 0) is 4.43 Å². The Balaban J connectivity index is 2.38. The molecule has 1 spiro atoms. The van der Waals surface area contributed by atoms with Crippen LogP contribution in [0.3, 0.4) is 0 Å². The SMILES string of the molecule is CC(C)(C)N1C=CN(C(C)(C)C)[Si]12CCCCO2. The molecule has 0 atom stereocenters. The molecule has 0 unspecified atom stereocenters. The van der Waals surface area contributed by atoms with Crippen molar-refractivity contribution in [2.24, 2.45) is 0 Å². The largest absolute Gasteiger partial charge is 0.419 e. The molecule has 0 amide bonds. The summed E-state index contributed by atoms with van der Waals surface area (Å²) in [5.41, 5.74) is 0.278. The van der Waals surface area contributed by atoms with Crippen molar-refractivity contribution in [3.05, 3.63) is 12.4 Å². The molecule has 2 rings (SSSR count). The lowest BCUT2D eigenvalue weighted by molar-refractivity contribution is 0.133. The second kappa shape index (κ2) is 4.27. The zero-order valence-electron chi connectivity index (χ0n) is 12.8. The van der Waals surface area contributed by atoms with E-state index in [1.807, 2.05) is 0 Å². The minimum Gasteiger partial charge on any atom is -0.383 e. The third-order valence-electron chi connectivity index (χ3n) is 3.79. The van der Waals surface area contributed by atoms with Crippen molar-refractivity contribution in [3.63, 3.8) is 0 Å². The first kappa shape index (κ1) is 13.9. The van der Waals surface area contributed by atoms with Gasteiger partial charge in [-0.25, -0.2) is 0 Å². The van der Waals surface area contributed by atoms with E-state index in [0.717, 1.165) is 6.61 Å². The summed E-state index contributed by atoms with van der Waals surface area (Å²) < 4.78 is 11.5. The minimum absolute atomic E-state index is 0.139. The van der Waals surface area contributed by atoms with Crippen LogP contribution in [0.2, 0.25) is 6.04 Å². The van der Waals surface area contributed by atoms with E-state index >= 15 is 0 Å². The molecule has 0 saturated carbocycles. The highest BCUT2D eigenvalue weighted by Crippen LogP contribution is 2.41. The molecule has 0 aromatic carbocycles. The average molecular weight is 268 g/mol. The molecule has 0 aromatic heterocycles. The summed E-state index contributed by atoms with van der Waals surface area (Å²) >= 11 is 0. The first-order valence-electron chi connectivity index (χ1n) is 7.09. The van der Waals surface area contributed by atoms with Crippen LogP contribution >= 0.6 is 0 Å². The molecule has 2 aliphatic rings. The first-order chi connectivity index (χ1) is 8.18. The van der Waals surface area contributed by atoms with E-state index in [1.54, 1.807) is 0 Å². The first-order valence-corrected chi connectivity index (χ1v) is 9.10. The maximum Gasteiger partial charge on any atom is 0.419 e. The fourth-order valence-electron chi connectivity index (χ4n) is 3.12. The standard InChI is InChI=1S/C14H28N2OSi/c1-13(2,3)15-9-10-16(14(4,5)6)18(15)12-8-7-11-17-18/h9-10H,7-8,11-12H2,1-6H3. The van der Waals surface area contributed by atoms with Crippen molar-refractivity contribution < 1.29 is 4.43 Å². The molecule has 0 aliphatic carbocycles. The maximum atomic E-state index is 6.43. The highest BCUT2D eigenvalue weighted by molar-refractivity contribution is 6.70. The van der Waals surface area contributed by atoms with E-state index in [2.05, 4.69) is 63.1 Å². The summed E-state index contributed by atoms with van der Waals surface area (Å²) in [4.78, 5) is 0. The molecule has 2 heterocycles. The van der Waals surface area contributed by atoms with Crippen molar-refractivity contribution >= 4 is 8.64 Å². The Hall–Kier alpha value is -0.483. The predicted octanol–water partition coefficient (Wildman–Crippen LogP) is 3.42. The van der Waals surface area contributed by atoms with Crippen molar-refractivity contribution in [2.45, 2.75) is 71.5 Å². The van der Waals surface area contributed by atoms with E-state index < -0.39 is 8.64 Å². The van der Waals surface area contributed by atoms with Gasteiger partial charge in [-0.1, -0.05) is 0 Å². The number of hydrogen-bond acceptors (Lipinski definition) is 3. The van der Waals surface area contributed by atoms with Gasteiger partial charge in [0.1, 0.15) is 0 Å². The van der Waals surface area contributed by atoms with Crippen LogP contribution in [-0.4, -0.2) is 35.5 Å². The van der Waals surface area contributed by atoms with Crippen LogP contribution in [0.5, 0.6) is 0 Å². The molecule has 3 nitrogen and oxygen atoms in total. The maximum absolute atomic E-state index is 6.43. The van der Waals surface area contributed by atoms with Crippen LogP contribution in [0.25, 0.3) is 0 Å². The zero-order valence-corrected chi connectivity index (χ0v) is 13.8. The van der Waals surface area contributed by atoms with Gasteiger partial charge in [-0.05, 0) is 54.4 Å². The Labute approximate surface area is 113 Å². The highest BCUT2D eigenvalue weighted by Gasteiger charge is 2.57. The van der Waals surface area contributed by atoms with E-state index in [4.69, 9.17) is 4.43 Å². The van der Waals surface area contributed by atoms with Gasteiger partial charge in [0.05, 0.1) is 0 Å². The molecule has 1 saturated heterocycles. The van der Waals surface area contributed by atoms with E-state index in [9.17, 15) is 0 Å². The van der Waals surface area contributed by atoms with Crippen LogP contribution in [0.15, 0.2) is 12.4 Å². The zero-order chi connectivity index (χ0) is 13.6. The third kappa shape index (κ3) is 2.20. The lowest BCUT2D eigenvalue weighted by Crippen LogP contribution is -2.70. The Morgan fingerprint density at radius 2 is 1.39 bits per heavy atom. The van der Waals surface area contributed by atoms with Crippen LogP contribution in [0.4, 0.5) is 0 Å². The average Bonchev–Trinajstić information content (AvgIpc) is 2.57. The molecule has 0 bridgehead atoms. The molecule has 0 N–H and O–H groups in total. The third-order valence-corrected chi connectivity index (χ3v) is 8.61. The van der Waals surface area contributed by atoms with Gasteiger partial charge in [0.25, 0.3) is 0 Å².